The van der Waals surface area contributed by atoms with Crippen molar-refractivity contribution in [3.8, 4) is 22.5 Å². The highest BCUT2D eigenvalue weighted by molar-refractivity contribution is 5.96. The summed E-state index contributed by atoms with van der Waals surface area (Å²) in [6, 6.07) is 4.85. The molecule has 3 aromatic rings. The predicted molar refractivity (Wildman–Crippen MR) is 117 cm³/mol. The lowest BCUT2D eigenvalue weighted by Crippen LogP contribution is -2.26. The van der Waals surface area contributed by atoms with Crippen LogP contribution in [-0.4, -0.2) is 44.2 Å². The van der Waals surface area contributed by atoms with Gasteiger partial charge in [0.25, 0.3) is 5.91 Å². The first-order chi connectivity index (χ1) is 14.9. The van der Waals surface area contributed by atoms with Crippen LogP contribution in [0, 0.1) is 12.7 Å². The average molecular weight is 423 g/mol. The third-order valence-electron chi connectivity index (χ3n) is 5.39. The van der Waals surface area contributed by atoms with E-state index in [0.29, 0.717) is 17.2 Å². The molecule has 31 heavy (non-hydrogen) atoms. The number of amides is 1. The Hall–Kier alpha value is -3.26. The number of pyridine rings is 1. The molecule has 1 aliphatic carbocycles. The normalized spacial score (nSPS) is 14.4. The van der Waals surface area contributed by atoms with Crippen LogP contribution in [0.4, 0.5) is 10.2 Å². The molecule has 2 heterocycles. The molecule has 1 atom stereocenters. The van der Waals surface area contributed by atoms with E-state index in [-0.39, 0.29) is 24.3 Å². The first-order valence-electron chi connectivity index (χ1n) is 10.3. The summed E-state index contributed by atoms with van der Waals surface area (Å²) >= 11 is 0. The second-order valence-electron chi connectivity index (χ2n) is 8.10. The lowest BCUT2D eigenvalue weighted by molar-refractivity contribution is 0.0947. The molecule has 0 spiro atoms. The number of aromatic nitrogens is 3. The van der Waals surface area contributed by atoms with Crippen LogP contribution in [-0.2, 0) is 7.05 Å². The lowest BCUT2D eigenvalue weighted by atomic mass is 9.97. The Morgan fingerprint density at radius 1 is 1.29 bits per heavy atom. The molecule has 7 nitrogen and oxygen atoms in total. The van der Waals surface area contributed by atoms with Crippen molar-refractivity contribution in [3.63, 3.8) is 0 Å². The van der Waals surface area contributed by atoms with E-state index in [1.807, 2.05) is 30.8 Å². The molecule has 162 valence electrons. The number of nitrogens with zero attached hydrogens (tertiary/aromatic N) is 3. The van der Waals surface area contributed by atoms with Crippen LogP contribution >= 0.6 is 0 Å². The number of hydrogen-bond donors (Lipinski definition) is 3. The standard InChI is InChI=1S/C23H26FN5O2/c1-13-8-20(24)18(23(31)28-16-4-5-16)10-17(13)15-9-19(22-25-6-7-29(22)3)21(26-11-15)27-14(2)12-30/h6-11,14,16,30H,4-5,12H2,1-3H3,(H,26,27)(H,28,31)/t14-/m0/s1. The Labute approximate surface area is 180 Å². The SMILES string of the molecule is Cc1cc(F)c(C(=O)NC2CC2)cc1-c1cnc(N[C@@H](C)CO)c(-c2nccn2C)c1. The number of anilines is 1. The number of carbonyl (C=O) groups excluding carboxylic acids is 1. The number of carbonyl (C=O) groups is 1. The van der Waals surface area contributed by atoms with Crippen molar-refractivity contribution in [3.05, 3.63) is 53.7 Å². The lowest BCUT2D eigenvalue weighted by Gasteiger charge is -2.17. The van der Waals surface area contributed by atoms with Crippen LogP contribution in [0.1, 0.15) is 35.7 Å². The monoisotopic (exact) mass is 423 g/mol. The summed E-state index contributed by atoms with van der Waals surface area (Å²) in [5.74, 6) is 0.361. The van der Waals surface area contributed by atoms with Crippen molar-refractivity contribution in [2.75, 3.05) is 11.9 Å². The smallest absolute Gasteiger partial charge is 0.254 e. The number of aliphatic hydroxyl groups is 1. The van der Waals surface area contributed by atoms with Gasteiger partial charge in [-0.05, 0) is 56.0 Å². The van der Waals surface area contributed by atoms with Crippen molar-refractivity contribution in [2.45, 2.75) is 38.8 Å². The van der Waals surface area contributed by atoms with E-state index in [0.717, 1.165) is 29.5 Å². The Kier molecular flexibility index (Phi) is 5.73. The largest absolute Gasteiger partial charge is 0.394 e. The molecule has 0 aliphatic heterocycles. The van der Waals surface area contributed by atoms with Gasteiger partial charge in [-0.15, -0.1) is 0 Å². The van der Waals surface area contributed by atoms with Crippen LogP contribution in [0.15, 0.2) is 36.8 Å². The molecule has 1 fully saturated rings. The minimum absolute atomic E-state index is 0.0298. The number of aryl methyl sites for hydroxylation is 2. The number of halogens is 1. The third-order valence-corrected chi connectivity index (χ3v) is 5.39. The fourth-order valence-electron chi connectivity index (χ4n) is 3.45. The topological polar surface area (TPSA) is 92.1 Å². The Morgan fingerprint density at radius 2 is 2.06 bits per heavy atom. The molecule has 0 bridgehead atoms. The zero-order chi connectivity index (χ0) is 22.1. The van der Waals surface area contributed by atoms with Crippen LogP contribution in [0.5, 0.6) is 0 Å². The number of aliphatic hydroxyl groups excluding tert-OH is 1. The summed E-state index contributed by atoms with van der Waals surface area (Å²) in [7, 11) is 1.89. The van der Waals surface area contributed by atoms with Gasteiger partial charge in [-0.3, -0.25) is 4.79 Å². The summed E-state index contributed by atoms with van der Waals surface area (Å²) < 4.78 is 16.4. The van der Waals surface area contributed by atoms with Crippen molar-refractivity contribution in [2.24, 2.45) is 7.05 Å². The second kappa shape index (κ2) is 8.47. The number of imidazole rings is 1. The van der Waals surface area contributed by atoms with E-state index >= 15 is 0 Å². The van der Waals surface area contributed by atoms with Gasteiger partial charge in [0.2, 0.25) is 0 Å². The molecule has 0 unspecified atom stereocenters. The minimum atomic E-state index is -0.535. The van der Waals surface area contributed by atoms with E-state index in [4.69, 9.17) is 0 Å². The van der Waals surface area contributed by atoms with Gasteiger partial charge < -0.3 is 20.3 Å². The first-order valence-corrected chi connectivity index (χ1v) is 10.3. The molecular weight excluding hydrogens is 397 g/mol. The summed E-state index contributed by atoms with van der Waals surface area (Å²) in [6.07, 6.45) is 7.09. The van der Waals surface area contributed by atoms with Gasteiger partial charge in [0.1, 0.15) is 17.5 Å². The van der Waals surface area contributed by atoms with Gasteiger partial charge in [0.15, 0.2) is 0 Å². The average Bonchev–Trinajstić information content (AvgIpc) is 3.45. The molecule has 8 heteroatoms. The third kappa shape index (κ3) is 4.44. The maximum atomic E-state index is 14.5. The number of rotatable bonds is 7. The highest BCUT2D eigenvalue weighted by Crippen LogP contribution is 2.33. The van der Waals surface area contributed by atoms with Crippen LogP contribution in [0.3, 0.4) is 0 Å². The first kappa shape index (κ1) is 21.0. The molecule has 1 amide bonds. The molecule has 1 saturated carbocycles. The van der Waals surface area contributed by atoms with Crippen LogP contribution in [0.2, 0.25) is 0 Å². The molecule has 1 aliphatic rings. The Balaban J connectivity index is 1.79. The van der Waals surface area contributed by atoms with Gasteiger partial charge in [-0.1, -0.05) is 0 Å². The molecule has 2 aromatic heterocycles. The second-order valence-corrected chi connectivity index (χ2v) is 8.10. The Bertz CT molecular complexity index is 1120. The minimum Gasteiger partial charge on any atom is -0.394 e. The molecule has 4 rings (SSSR count). The number of nitrogens with one attached hydrogen (secondary N) is 2. The molecule has 0 saturated heterocycles. The molecule has 0 radical (unpaired) electrons. The van der Waals surface area contributed by atoms with Gasteiger partial charge in [-0.2, -0.15) is 0 Å². The number of benzene rings is 1. The van der Waals surface area contributed by atoms with E-state index in [2.05, 4.69) is 20.6 Å². The van der Waals surface area contributed by atoms with Gasteiger partial charge in [-0.25, -0.2) is 14.4 Å². The molecular formula is C23H26FN5O2. The maximum Gasteiger partial charge on any atom is 0.254 e. The predicted octanol–water partition coefficient (Wildman–Crippen LogP) is 3.28. The summed E-state index contributed by atoms with van der Waals surface area (Å²) in [5, 5.41) is 15.5. The van der Waals surface area contributed by atoms with Crippen molar-refractivity contribution in [1.29, 1.82) is 0 Å². The Morgan fingerprint density at radius 3 is 2.71 bits per heavy atom. The summed E-state index contributed by atoms with van der Waals surface area (Å²) in [4.78, 5) is 21.5. The summed E-state index contributed by atoms with van der Waals surface area (Å²) in [6.45, 7) is 3.62. The van der Waals surface area contributed by atoms with Gasteiger partial charge in [0, 0.05) is 43.3 Å². The molecule has 3 N–H and O–H groups in total. The zero-order valence-corrected chi connectivity index (χ0v) is 17.8. The van der Waals surface area contributed by atoms with E-state index in [1.54, 1.807) is 25.4 Å². The highest BCUT2D eigenvalue weighted by Gasteiger charge is 2.26. The highest BCUT2D eigenvalue weighted by atomic mass is 19.1. The van der Waals surface area contributed by atoms with Gasteiger partial charge >= 0.3 is 0 Å². The fourth-order valence-corrected chi connectivity index (χ4v) is 3.45. The van der Waals surface area contributed by atoms with Crippen LogP contribution < -0.4 is 10.6 Å². The van der Waals surface area contributed by atoms with E-state index in [9.17, 15) is 14.3 Å². The fraction of sp³-hybridized carbons (Fsp3) is 0.348. The molecule has 1 aromatic carbocycles. The van der Waals surface area contributed by atoms with Crippen molar-refractivity contribution in [1.82, 2.24) is 19.9 Å². The zero-order valence-electron chi connectivity index (χ0n) is 17.8. The van der Waals surface area contributed by atoms with E-state index < -0.39 is 11.7 Å². The van der Waals surface area contributed by atoms with Crippen molar-refractivity contribution < 1.29 is 14.3 Å². The van der Waals surface area contributed by atoms with Crippen molar-refractivity contribution >= 4 is 11.7 Å². The quantitative estimate of drug-likeness (QED) is 0.542. The van der Waals surface area contributed by atoms with E-state index in [1.165, 1.54) is 6.07 Å². The van der Waals surface area contributed by atoms with Gasteiger partial charge in [0.05, 0.1) is 17.7 Å². The number of hydrogen-bond acceptors (Lipinski definition) is 5. The van der Waals surface area contributed by atoms with Crippen LogP contribution in [0.25, 0.3) is 22.5 Å². The summed E-state index contributed by atoms with van der Waals surface area (Å²) in [5.41, 5.74) is 2.96. The maximum absolute atomic E-state index is 14.5.